The maximum Gasteiger partial charge on any atom is 0.270 e. The minimum atomic E-state index is -0.0516. The quantitative estimate of drug-likeness (QED) is 0.897. The molecule has 3 heterocycles. The van der Waals surface area contributed by atoms with Gasteiger partial charge in [-0.05, 0) is 36.6 Å². The summed E-state index contributed by atoms with van der Waals surface area (Å²) in [6, 6.07) is 11.5. The Balaban J connectivity index is 1.37. The molecule has 2 aromatic rings. The van der Waals surface area contributed by atoms with E-state index >= 15 is 0 Å². The number of carbonyl (C=O) groups excluding carboxylic acids is 2. The summed E-state index contributed by atoms with van der Waals surface area (Å²) >= 11 is 0. The first-order valence-electron chi connectivity index (χ1n) is 9.14. The van der Waals surface area contributed by atoms with E-state index in [4.69, 9.17) is 4.74 Å². The number of nitrogens with one attached hydrogen (secondary N) is 1. The van der Waals surface area contributed by atoms with Crippen molar-refractivity contribution < 1.29 is 14.3 Å². The average Bonchev–Trinajstić information content (AvgIpc) is 3.13. The van der Waals surface area contributed by atoms with Gasteiger partial charge in [0, 0.05) is 38.3 Å². The highest BCUT2D eigenvalue weighted by atomic mass is 16.5. The van der Waals surface area contributed by atoms with Crippen LogP contribution in [0.1, 0.15) is 22.5 Å². The van der Waals surface area contributed by atoms with Crippen molar-refractivity contribution >= 4 is 11.8 Å². The van der Waals surface area contributed by atoms with Crippen LogP contribution in [0.2, 0.25) is 0 Å². The Morgan fingerprint density at radius 2 is 1.77 bits per heavy atom. The Morgan fingerprint density at radius 1 is 1.00 bits per heavy atom. The summed E-state index contributed by atoms with van der Waals surface area (Å²) in [6.07, 6.45) is 3.20. The van der Waals surface area contributed by atoms with Crippen LogP contribution in [0.5, 0.6) is 5.75 Å². The van der Waals surface area contributed by atoms with Gasteiger partial charge in [0.1, 0.15) is 11.4 Å². The van der Waals surface area contributed by atoms with E-state index in [0.29, 0.717) is 38.5 Å². The van der Waals surface area contributed by atoms with Gasteiger partial charge in [0.25, 0.3) is 5.91 Å². The van der Waals surface area contributed by atoms with Gasteiger partial charge in [-0.15, -0.1) is 0 Å². The molecule has 1 fully saturated rings. The molecule has 1 unspecified atom stereocenters. The van der Waals surface area contributed by atoms with Crippen LogP contribution >= 0.6 is 0 Å². The molecule has 0 bridgehead atoms. The molecule has 6 nitrogen and oxygen atoms in total. The molecular formula is C20H23N3O3. The molecule has 136 valence electrons. The standard InChI is InChI=1S/C20H23N3O3/c24-19(16-7-13-26-18-6-2-1-4-15(18)14-16)22-9-11-23(12-10-22)20(25)17-5-3-8-21-17/h1-6,8,16,21H,7,9-14H2. The van der Waals surface area contributed by atoms with Crippen molar-refractivity contribution in [3.63, 3.8) is 0 Å². The van der Waals surface area contributed by atoms with E-state index in [1.54, 1.807) is 17.2 Å². The van der Waals surface area contributed by atoms with Gasteiger partial charge in [0.2, 0.25) is 5.91 Å². The van der Waals surface area contributed by atoms with Gasteiger partial charge >= 0.3 is 0 Å². The number of rotatable bonds is 2. The number of H-pyrrole nitrogens is 1. The summed E-state index contributed by atoms with van der Waals surface area (Å²) in [7, 11) is 0. The number of hydrogen-bond donors (Lipinski definition) is 1. The minimum absolute atomic E-state index is 0.00103. The third-order valence-corrected chi connectivity index (χ3v) is 5.22. The molecule has 1 aromatic heterocycles. The van der Waals surface area contributed by atoms with Crippen molar-refractivity contribution in [2.75, 3.05) is 32.8 Å². The maximum atomic E-state index is 13.0. The topological polar surface area (TPSA) is 65.6 Å². The fourth-order valence-electron chi connectivity index (χ4n) is 3.72. The second kappa shape index (κ2) is 7.23. The highest BCUT2D eigenvalue weighted by Crippen LogP contribution is 2.27. The highest BCUT2D eigenvalue weighted by molar-refractivity contribution is 5.92. The van der Waals surface area contributed by atoms with E-state index in [1.165, 1.54) is 0 Å². The van der Waals surface area contributed by atoms with Crippen molar-refractivity contribution in [2.24, 2.45) is 5.92 Å². The molecule has 1 saturated heterocycles. The van der Waals surface area contributed by atoms with Gasteiger partial charge in [-0.2, -0.15) is 0 Å². The van der Waals surface area contributed by atoms with Crippen LogP contribution in [-0.4, -0.2) is 59.4 Å². The molecule has 0 aliphatic carbocycles. The first kappa shape index (κ1) is 16.7. The first-order valence-corrected chi connectivity index (χ1v) is 9.14. The van der Waals surface area contributed by atoms with Crippen molar-refractivity contribution in [3.05, 3.63) is 53.9 Å². The van der Waals surface area contributed by atoms with Crippen molar-refractivity contribution in [3.8, 4) is 5.75 Å². The van der Waals surface area contributed by atoms with Crippen molar-refractivity contribution in [1.29, 1.82) is 0 Å². The van der Waals surface area contributed by atoms with E-state index in [9.17, 15) is 9.59 Å². The lowest BCUT2D eigenvalue weighted by Gasteiger charge is -2.36. The fraction of sp³-hybridized carbons (Fsp3) is 0.400. The van der Waals surface area contributed by atoms with Gasteiger partial charge in [0.05, 0.1) is 6.61 Å². The number of fused-ring (bicyclic) bond motifs is 1. The second-order valence-corrected chi connectivity index (χ2v) is 6.85. The lowest BCUT2D eigenvalue weighted by atomic mass is 9.95. The van der Waals surface area contributed by atoms with Gasteiger partial charge in [-0.3, -0.25) is 9.59 Å². The Morgan fingerprint density at radius 3 is 2.54 bits per heavy atom. The molecule has 6 heteroatoms. The number of ether oxygens (including phenoxy) is 1. The molecule has 1 N–H and O–H groups in total. The van der Waals surface area contributed by atoms with Crippen molar-refractivity contribution in [2.45, 2.75) is 12.8 Å². The Bertz CT molecular complexity index is 779. The average molecular weight is 353 g/mol. The molecule has 26 heavy (non-hydrogen) atoms. The minimum Gasteiger partial charge on any atom is -0.493 e. The number of aromatic amines is 1. The molecule has 2 aliphatic heterocycles. The van der Waals surface area contributed by atoms with Gasteiger partial charge in [0.15, 0.2) is 0 Å². The molecule has 1 aromatic carbocycles. The molecular weight excluding hydrogens is 330 g/mol. The monoisotopic (exact) mass is 353 g/mol. The van der Waals surface area contributed by atoms with E-state index in [-0.39, 0.29) is 17.7 Å². The second-order valence-electron chi connectivity index (χ2n) is 6.85. The third kappa shape index (κ3) is 3.31. The number of nitrogens with zero attached hydrogens (tertiary/aromatic N) is 2. The molecule has 0 spiro atoms. The maximum absolute atomic E-state index is 13.0. The SMILES string of the molecule is O=C(c1ccc[nH]1)N1CCN(C(=O)C2CCOc3ccccc3C2)CC1. The number of amides is 2. The van der Waals surface area contributed by atoms with Gasteiger partial charge < -0.3 is 19.5 Å². The number of para-hydroxylation sites is 1. The molecule has 0 radical (unpaired) electrons. The van der Waals surface area contributed by atoms with Crippen LogP contribution in [0.15, 0.2) is 42.6 Å². The summed E-state index contributed by atoms with van der Waals surface area (Å²) in [5.74, 6) is 1.02. The van der Waals surface area contributed by atoms with E-state index in [0.717, 1.165) is 24.2 Å². The fourth-order valence-corrected chi connectivity index (χ4v) is 3.72. The third-order valence-electron chi connectivity index (χ3n) is 5.22. The normalized spacial score (nSPS) is 20.1. The summed E-state index contributed by atoms with van der Waals surface area (Å²) in [5, 5.41) is 0. The van der Waals surface area contributed by atoms with Gasteiger partial charge in [-0.25, -0.2) is 0 Å². The number of carbonyl (C=O) groups is 2. The summed E-state index contributed by atoms with van der Waals surface area (Å²) in [5.41, 5.74) is 1.70. The van der Waals surface area contributed by atoms with E-state index in [2.05, 4.69) is 4.98 Å². The Labute approximate surface area is 152 Å². The Hall–Kier alpha value is -2.76. The van der Waals surface area contributed by atoms with Crippen LogP contribution in [0.25, 0.3) is 0 Å². The summed E-state index contributed by atoms with van der Waals surface area (Å²) in [6.45, 7) is 2.89. The molecule has 4 rings (SSSR count). The van der Waals surface area contributed by atoms with E-state index < -0.39 is 0 Å². The number of aromatic nitrogens is 1. The van der Waals surface area contributed by atoms with Crippen molar-refractivity contribution in [1.82, 2.24) is 14.8 Å². The van der Waals surface area contributed by atoms with Crippen LogP contribution in [0.3, 0.4) is 0 Å². The zero-order valence-electron chi connectivity index (χ0n) is 14.7. The zero-order chi connectivity index (χ0) is 17.9. The van der Waals surface area contributed by atoms with Crippen LogP contribution in [-0.2, 0) is 11.2 Å². The zero-order valence-corrected chi connectivity index (χ0v) is 14.7. The van der Waals surface area contributed by atoms with Crippen LogP contribution in [0, 0.1) is 5.92 Å². The summed E-state index contributed by atoms with van der Waals surface area (Å²) in [4.78, 5) is 32.0. The summed E-state index contributed by atoms with van der Waals surface area (Å²) < 4.78 is 5.78. The van der Waals surface area contributed by atoms with Crippen LogP contribution in [0.4, 0.5) is 0 Å². The smallest absolute Gasteiger partial charge is 0.270 e. The molecule has 0 saturated carbocycles. The number of hydrogen-bond acceptors (Lipinski definition) is 3. The Kier molecular flexibility index (Phi) is 4.65. The predicted octanol–water partition coefficient (Wildman–Crippen LogP) is 1.94. The highest BCUT2D eigenvalue weighted by Gasteiger charge is 2.31. The molecule has 2 aliphatic rings. The molecule has 2 amide bonds. The largest absolute Gasteiger partial charge is 0.493 e. The lowest BCUT2D eigenvalue weighted by molar-refractivity contribution is -0.137. The first-order chi connectivity index (χ1) is 12.7. The van der Waals surface area contributed by atoms with E-state index in [1.807, 2.05) is 35.2 Å². The lowest BCUT2D eigenvalue weighted by Crippen LogP contribution is -2.52. The molecule has 1 atom stereocenters. The number of benzene rings is 1. The predicted molar refractivity (Wildman–Crippen MR) is 97.0 cm³/mol. The van der Waals surface area contributed by atoms with Gasteiger partial charge in [-0.1, -0.05) is 18.2 Å². The number of piperazine rings is 1. The van der Waals surface area contributed by atoms with Crippen LogP contribution < -0.4 is 4.74 Å².